The van der Waals surface area contributed by atoms with E-state index in [1.165, 1.54) is 11.3 Å². The van der Waals surface area contributed by atoms with Gasteiger partial charge in [0.25, 0.3) is 0 Å². The van der Waals surface area contributed by atoms with E-state index in [1.807, 2.05) is 52.0 Å². The molecular formula is C20H24N4O3S. The fraction of sp³-hybridized carbons (Fsp3) is 0.400. The number of hydrogen-bond donors (Lipinski definition) is 1. The Morgan fingerprint density at radius 3 is 2.54 bits per heavy atom. The van der Waals surface area contributed by atoms with Crippen molar-refractivity contribution >= 4 is 22.9 Å². The minimum atomic E-state index is -0.124. The Morgan fingerprint density at radius 1 is 1.25 bits per heavy atom. The summed E-state index contributed by atoms with van der Waals surface area (Å²) in [6, 6.07) is 7.54. The van der Waals surface area contributed by atoms with Gasteiger partial charge in [-0.3, -0.25) is 9.59 Å². The van der Waals surface area contributed by atoms with Crippen molar-refractivity contribution in [1.82, 2.24) is 14.7 Å². The molecule has 0 radical (unpaired) electrons. The lowest BCUT2D eigenvalue weighted by Gasteiger charge is -2.07. The van der Waals surface area contributed by atoms with Gasteiger partial charge in [-0.05, 0) is 31.5 Å². The van der Waals surface area contributed by atoms with Gasteiger partial charge in [-0.1, -0.05) is 42.5 Å². The van der Waals surface area contributed by atoms with Crippen LogP contribution in [0, 0.1) is 13.8 Å². The highest BCUT2D eigenvalue weighted by atomic mass is 32.1. The zero-order valence-corrected chi connectivity index (χ0v) is 17.3. The molecule has 0 atom stereocenters. The molecule has 0 fully saturated rings. The standard InChI is InChI=1S/C20H24N4O3S/c1-12(2)19-22-18(27-23-19)11-15-5-7-16(8-6-15)21-17(25)9-10-24-13(3)14(4)28-20(24)26/h5-8,12H,9-11H2,1-4H3,(H,21,25). The van der Waals surface area contributed by atoms with Gasteiger partial charge in [0.15, 0.2) is 5.82 Å². The lowest BCUT2D eigenvalue weighted by atomic mass is 10.1. The van der Waals surface area contributed by atoms with E-state index in [1.54, 1.807) is 4.57 Å². The molecule has 2 heterocycles. The van der Waals surface area contributed by atoms with Crippen LogP contribution in [0.25, 0.3) is 0 Å². The van der Waals surface area contributed by atoms with Crippen LogP contribution in [0.15, 0.2) is 33.6 Å². The normalized spacial score (nSPS) is 11.2. The molecule has 1 N–H and O–H groups in total. The average molecular weight is 401 g/mol. The largest absolute Gasteiger partial charge is 0.339 e. The van der Waals surface area contributed by atoms with E-state index in [9.17, 15) is 9.59 Å². The van der Waals surface area contributed by atoms with Gasteiger partial charge in [0.05, 0.1) is 6.42 Å². The van der Waals surface area contributed by atoms with E-state index in [2.05, 4.69) is 15.5 Å². The number of carbonyl (C=O) groups is 1. The Bertz CT molecular complexity index is 1010. The number of benzene rings is 1. The molecule has 0 bridgehead atoms. The number of hydrogen-bond acceptors (Lipinski definition) is 6. The van der Waals surface area contributed by atoms with Crippen LogP contribution in [-0.4, -0.2) is 20.6 Å². The van der Waals surface area contributed by atoms with Crippen molar-refractivity contribution in [3.05, 3.63) is 61.8 Å². The number of nitrogens with one attached hydrogen (secondary N) is 1. The molecular weight excluding hydrogens is 376 g/mol. The molecule has 8 heteroatoms. The molecule has 0 aliphatic rings. The summed E-state index contributed by atoms with van der Waals surface area (Å²) in [5.41, 5.74) is 2.66. The zero-order chi connectivity index (χ0) is 20.3. The third-order valence-electron chi connectivity index (χ3n) is 4.53. The number of carbonyl (C=O) groups excluding carboxylic acids is 1. The third kappa shape index (κ3) is 4.75. The molecule has 28 heavy (non-hydrogen) atoms. The minimum absolute atomic E-state index is 0.0196. The molecule has 0 aliphatic heterocycles. The molecule has 0 spiro atoms. The van der Waals surface area contributed by atoms with Crippen LogP contribution >= 0.6 is 11.3 Å². The van der Waals surface area contributed by atoms with Gasteiger partial charge in [0.2, 0.25) is 11.8 Å². The van der Waals surface area contributed by atoms with Gasteiger partial charge in [-0.2, -0.15) is 4.98 Å². The highest BCUT2D eigenvalue weighted by molar-refractivity contribution is 7.09. The van der Waals surface area contributed by atoms with Gasteiger partial charge in [-0.25, -0.2) is 0 Å². The fourth-order valence-electron chi connectivity index (χ4n) is 2.74. The van der Waals surface area contributed by atoms with Crippen molar-refractivity contribution in [1.29, 1.82) is 0 Å². The zero-order valence-electron chi connectivity index (χ0n) is 16.5. The smallest absolute Gasteiger partial charge is 0.307 e. The van der Waals surface area contributed by atoms with Crippen LogP contribution in [0.2, 0.25) is 0 Å². The highest BCUT2D eigenvalue weighted by Crippen LogP contribution is 2.16. The van der Waals surface area contributed by atoms with Crippen LogP contribution in [0.5, 0.6) is 0 Å². The summed E-state index contributed by atoms with van der Waals surface area (Å²) in [6.45, 7) is 8.23. The lowest BCUT2D eigenvalue weighted by molar-refractivity contribution is -0.116. The molecule has 0 saturated carbocycles. The minimum Gasteiger partial charge on any atom is -0.339 e. The molecule has 148 valence electrons. The van der Waals surface area contributed by atoms with Gasteiger partial charge < -0.3 is 14.4 Å². The van der Waals surface area contributed by atoms with Gasteiger partial charge in [0, 0.05) is 35.1 Å². The summed E-state index contributed by atoms with van der Waals surface area (Å²) < 4.78 is 6.91. The molecule has 0 aliphatic carbocycles. The second-order valence-electron chi connectivity index (χ2n) is 7.03. The van der Waals surface area contributed by atoms with Crippen molar-refractivity contribution in [2.24, 2.45) is 0 Å². The van der Waals surface area contributed by atoms with E-state index in [0.717, 1.165) is 16.1 Å². The molecule has 0 unspecified atom stereocenters. The van der Waals surface area contributed by atoms with Crippen LogP contribution in [0.4, 0.5) is 5.69 Å². The first kappa shape index (κ1) is 20.0. The lowest BCUT2D eigenvalue weighted by Crippen LogP contribution is -2.20. The number of rotatable bonds is 7. The van der Waals surface area contributed by atoms with Crippen LogP contribution in [0.3, 0.4) is 0 Å². The van der Waals surface area contributed by atoms with E-state index in [-0.39, 0.29) is 23.1 Å². The fourth-order valence-corrected chi connectivity index (χ4v) is 3.60. The van der Waals surface area contributed by atoms with Gasteiger partial charge in [0.1, 0.15) is 0 Å². The maximum absolute atomic E-state index is 12.2. The topological polar surface area (TPSA) is 90.0 Å². The second kappa shape index (κ2) is 8.52. The molecule has 0 saturated heterocycles. The summed E-state index contributed by atoms with van der Waals surface area (Å²) in [5, 5.41) is 6.83. The Morgan fingerprint density at radius 2 is 1.96 bits per heavy atom. The number of amides is 1. The number of anilines is 1. The summed E-state index contributed by atoms with van der Waals surface area (Å²) in [4.78, 5) is 29.4. The predicted molar refractivity (Wildman–Crippen MR) is 109 cm³/mol. The Kier molecular flexibility index (Phi) is 6.08. The summed E-state index contributed by atoms with van der Waals surface area (Å²) in [6.07, 6.45) is 0.798. The van der Waals surface area contributed by atoms with Gasteiger partial charge >= 0.3 is 4.87 Å². The van der Waals surface area contributed by atoms with Crippen molar-refractivity contribution < 1.29 is 9.32 Å². The van der Waals surface area contributed by atoms with Gasteiger partial charge in [-0.15, -0.1) is 0 Å². The highest BCUT2D eigenvalue weighted by Gasteiger charge is 2.11. The Labute approximate surface area is 167 Å². The average Bonchev–Trinajstić information content (AvgIpc) is 3.20. The maximum Gasteiger partial charge on any atom is 0.307 e. The van der Waals surface area contributed by atoms with Crippen LogP contribution < -0.4 is 10.2 Å². The first-order valence-corrected chi connectivity index (χ1v) is 10.0. The van der Waals surface area contributed by atoms with Crippen molar-refractivity contribution in [2.75, 3.05) is 5.32 Å². The van der Waals surface area contributed by atoms with Crippen molar-refractivity contribution in [3.8, 4) is 0 Å². The number of nitrogens with zero attached hydrogens (tertiary/aromatic N) is 3. The molecule has 3 rings (SSSR count). The second-order valence-corrected chi connectivity index (χ2v) is 8.20. The SMILES string of the molecule is Cc1sc(=O)n(CCC(=O)Nc2ccc(Cc3nc(C(C)C)no3)cc2)c1C. The summed E-state index contributed by atoms with van der Waals surface area (Å²) in [7, 11) is 0. The Hall–Kier alpha value is -2.74. The van der Waals surface area contributed by atoms with E-state index < -0.39 is 0 Å². The third-order valence-corrected chi connectivity index (χ3v) is 5.53. The number of aryl methyl sites for hydroxylation is 1. The first-order valence-electron chi connectivity index (χ1n) is 9.21. The Balaban J connectivity index is 1.54. The van der Waals surface area contributed by atoms with Crippen LogP contribution in [-0.2, 0) is 17.8 Å². The maximum atomic E-state index is 12.2. The van der Waals surface area contributed by atoms with E-state index in [4.69, 9.17) is 4.52 Å². The molecule has 7 nitrogen and oxygen atoms in total. The molecule has 1 amide bonds. The van der Waals surface area contributed by atoms with E-state index in [0.29, 0.717) is 30.4 Å². The van der Waals surface area contributed by atoms with E-state index >= 15 is 0 Å². The van der Waals surface area contributed by atoms with Crippen LogP contribution in [0.1, 0.15) is 54.0 Å². The monoisotopic (exact) mass is 400 g/mol. The van der Waals surface area contributed by atoms with Crippen molar-refractivity contribution in [2.45, 2.75) is 53.0 Å². The predicted octanol–water partition coefficient (Wildman–Crippen LogP) is 3.65. The first-order chi connectivity index (χ1) is 13.3. The summed E-state index contributed by atoms with van der Waals surface area (Å²) in [5.74, 6) is 1.38. The molecule has 3 aromatic rings. The quantitative estimate of drug-likeness (QED) is 0.654. The van der Waals surface area contributed by atoms with Crippen molar-refractivity contribution in [3.63, 3.8) is 0 Å². The molecule has 2 aromatic heterocycles. The molecule has 1 aromatic carbocycles. The number of aromatic nitrogens is 3. The number of thiazole rings is 1. The summed E-state index contributed by atoms with van der Waals surface area (Å²) >= 11 is 1.22.